The molecule has 1 unspecified atom stereocenters. The number of carbonyl (C=O) groups excluding carboxylic acids is 1. The summed E-state index contributed by atoms with van der Waals surface area (Å²) >= 11 is 0. The Bertz CT molecular complexity index is 517. The highest BCUT2D eigenvalue weighted by molar-refractivity contribution is 6.08. The van der Waals surface area contributed by atoms with E-state index in [2.05, 4.69) is 11.4 Å². The normalized spacial score (nSPS) is 34.8. The summed E-state index contributed by atoms with van der Waals surface area (Å²) in [6.07, 6.45) is 3.02. The second kappa shape index (κ2) is 2.16. The third-order valence-electron chi connectivity index (χ3n) is 4.07. The molecule has 2 fully saturated rings. The second-order valence-electron chi connectivity index (χ2n) is 4.72. The van der Waals surface area contributed by atoms with Crippen molar-refractivity contribution in [2.75, 3.05) is 6.54 Å². The first-order valence-electron chi connectivity index (χ1n) is 5.42. The van der Waals surface area contributed by atoms with E-state index in [1.54, 1.807) is 6.08 Å². The fourth-order valence-electron chi connectivity index (χ4n) is 3.25. The summed E-state index contributed by atoms with van der Waals surface area (Å²) in [5.41, 5.74) is 3.52. The first-order chi connectivity index (χ1) is 7.32. The lowest BCUT2D eigenvalue weighted by Gasteiger charge is -2.23. The lowest BCUT2D eigenvalue weighted by molar-refractivity contribution is 0.104. The average Bonchev–Trinajstić information content (AvgIpc) is 2.89. The van der Waals surface area contributed by atoms with Crippen LogP contribution in [0, 0.1) is 5.92 Å². The molecule has 15 heavy (non-hydrogen) atoms. The molecule has 3 aliphatic rings. The molecule has 1 saturated heterocycles. The van der Waals surface area contributed by atoms with Crippen molar-refractivity contribution in [3.05, 3.63) is 47.2 Å². The molecule has 4 rings (SSSR count). The number of hydrogen-bond donors (Lipinski definition) is 1. The summed E-state index contributed by atoms with van der Waals surface area (Å²) < 4.78 is 0. The zero-order valence-corrected chi connectivity index (χ0v) is 8.29. The number of hydrogen-bond acceptors (Lipinski definition) is 2. The number of piperidine rings is 1. The maximum atomic E-state index is 11.9. The lowest BCUT2D eigenvalue weighted by atomic mass is 9.82. The maximum Gasteiger partial charge on any atom is 0.187 e. The fraction of sp³-hybridized carbons (Fsp3) is 0.308. The molecular weight excluding hydrogens is 186 g/mol. The quantitative estimate of drug-likeness (QED) is 0.685. The van der Waals surface area contributed by atoms with Gasteiger partial charge in [0.05, 0.1) is 0 Å². The van der Waals surface area contributed by atoms with E-state index in [1.807, 2.05) is 18.2 Å². The molecule has 2 nitrogen and oxygen atoms in total. The second-order valence-corrected chi connectivity index (χ2v) is 4.72. The minimum absolute atomic E-state index is 0.159. The fourth-order valence-corrected chi connectivity index (χ4v) is 3.25. The zero-order valence-electron chi connectivity index (χ0n) is 8.29. The van der Waals surface area contributed by atoms with Gasteiger partial charge in [0.15, 0.2) is 5.78 Å². The van der Waals surface area contributed by atoms with E-state index >= 15 is 0 Å². The molecule has 0 aromatic heterocycles. The Morgan fingerprint density at radius 1 is 1.33 bits per heavy atom. The Morgan fingerprint density at radius 3 is 3.07 bits per heavy atom. The summed E-state index contributed by atoms with van der Waals surface area (Å²) in [4.78, 5) is 11.9. The van der Waals surface area contributed by atoms with Crippen molar-refractivity contribution < 1.29 is 4.79 Å². The van der Waals surface area contributed by atoms with E-state index in [1.165, 1.54) is 12.0 Å². The summed E-state index contributed by atoms with van der Waals surface area (Å²) in [7, 11) is 0. The highest BCUT2D eigenvalue weighted by atomic mass is 16.1. The molecule has 2 aliphatic carbocycles. The van der Waals surface area contributed by atoms with Crippen LogP contribution in [0.3, 0.4) is 0 Å². The topological polar surface area (TPSA) is 29.1 Å². The minimum Gasteiger partial charge on any atom is -0.387 e. The molecule has 2 heteroatoms. The Morgan fingerprint density at radius 2 is 2.20 bits per heavy atom. The molecule has 2 atom stereocenters. The van der Waals surface area contributed by atoms with Crippen LogP contribution in [-0.4, -0.2) is 12.3 Å². The van der Waals surface area contributed by atoms with Gasteiger partial charge in [-0.3, -0.25) is 4.79 Å². The highest BCUT2D eigenvalue weighted by Crippen LogP contribution is 2.63. The van der Waals surface area contributed by atoms with Gasteiger partial charge in [-0.25, -0.2) is 0 Å². The molecule has 1 aromatic carbocycles. The van der Waals surface area contributed by atoms with E-state index in [0.717, 1.165) is 23.7 Å². The number of ketones is 1. The van der Waals surface area contributed by atoms with Gasteiger partial charge in [0, 0.05) is 29.3 Å². The van der Waals surface area contributed by atoms with Crippen LogP contribution < -0.4 is 5.32 Å². The van der Waals surface area contributed by atoms with E-state index < -0.39 is 0 Å². The van der Waals surface area contributed by atoms with Gasteiger partial charge in [0.1, 0.15) is 0 Å². The van der Waals surface area contributed by atoms with Crippen molar-refractivity contribution >= 4 is 5.78 Å². The molecular formula is C13H11NO. The molecule has 1 heterocycles. The van der Waals surface area contributed by atoms with Crippen LogP contribution >= 0.6 is 0 Å². The van der Waals surface area contributed by atoms with Crippen LogP contribution in [0.2, 0.25) is 0 Å². The van der Waals surface area contributed by atoms with Crippen molar-refractivity contribution in [3.8, 4) is 0 Å². The molecule has 1 aliphatic heterocycles. The first kappa shape index (κ1) is 7.69. The molecule has 0 bridgehead atoms. The standard InChI is InChI=1S/C13H11NO/c15-11-5-12-13(6-8(13)7-14-12)10-4-2-1-3-9(10)11/h1-5,8,14H,6-7H2/t8?,13-/m1/s1. The van der Waals surface area contributed by atoms with Gasteiger partial charge >= 0.3 is 0 Å². The summed E-state index contributed by atoms with van der Waals surface area (Å²) in [5.74, 6) is 0.879. The van der Waals surface area contributed by atoms with Crippen molar-refractivity contribution in [1.82, 2.24) is 5.32 Å². The number of benzene rings is 1. The lowest BCUT2D eigenvalue weighted by Crippen LogP contribution is -2.24. The smallest absolute Gasteiger partial charge is 0.187 e. The molecule has 1 spiro atoms. The van der Waals surface area contributed by atoms with Gasteiger partial charge in [0.25, 0.3) is 0 Å². The van der Waals surface area contributed by atoms with Crippen LogP contribution in [0.15, 0.2) is 36.0 Å². The van der Waals surface area contributed by atoms with Gasteiger partial charge in [-0.2, -0.15) is 0 Å². The van der Waals surface area contributed by atoms with Gasteiger partial charge in [0.2, 0.25) is 0 Å². The van der Waals surface area contributed by atoms with Crippen LogP contribution in [-0.2, 0) is 5.41 Å². The SMILES string of the molecule is O=C1C=C2NCC3C[C@@]23c2ccccc21. The zero-order chi connectivity index (χ0) is 10.0. The summed E-state index contributed by atoms with van der Waals surface area (Å²) in [6, 6.07) is 8.06. The van der Waals surface area contributed by atoms with Crippen LogP contribution in [0.5, 0.6) is 0 Å². The van der Waals surface area contributed by atoms with Crippen LogP contribution in [0.1, 0.15) is 22.3 Å². The monoisotopic (exact) mass is 197 g/mol. The molecule has 74 valence electrons. The molecule has 1 N–H and O–H groups in total. The van der Waals surface area contributed by atoms with Crippen molar-refractivity contribution in [1.29, 1.82) is 0 Å². The number of carbonyl (C=O) groups is 1. The predicted octanol–water partition coefficient (Wildman–Crippen LogP) is 1.63. The Balaban J connectivity index is 2.05. The van der Waals surface area contributed by atoms with Gasteiger partial charge in [-0.15, -0.1) is 0 Å². The molecule has 1 aromatic rings. The van der Waals surface area contributed by atoms with Gasteiger partial charge in [-0.1, -0.05) is 24.3 Å². The largest absolute Gasteiger partial charge is 0.387 e. The van der Waals surface area contributed by atoms with E-state index in [-0.39, 0.29) is 11.2 Å². The predicted molar refractivity (Wildman–Crippen MR) is 56.6 cm³/mol. The average molecular weight is 197 g/mol. The molecule has 0 radical (unpaired) electrons. The first-order valence-corrected chi connectivity index (χ1v) is 5.42. The van der Waals surface area contributed by atoms with E-state index in [9.17, 15) is 4.79 Å². The third kappa shape index (κ3) is 0.717. The third-order valence-corrected chi connectivity index (χ3v) is 4.07. The highest BCUT2D eigenvalue weighted by Gasteiger charge is 2.63. The number of nitrogens with one attached hydrogen (secondary N) is 1. The number of fused-ring (bicyclic) bond motifs is 1. The van der Waals surface area contributed by atoms with Crippen LogP contribution in [0.25, 0.3) is 0 Å². The number of rotatable bonds is 0. The Labute approximate surface area is 88.0 Å². The van der Waals surface area contributed by atoms with E-state index in [0.29, 0.717) is 0 Å². The molecule has 1 saturated carbocycles. The molecule has 0 amide bonds. The Hall–Kier alpha value is -1.57. The number of allylic oxidation sites excluding steroid dienone is 2. The van der Waals surface area contributed by atoms with Crippen LogP contribution in [0.4, 0.5) is 0 Å². The van der Waals surface area contributed by atoms with Crippen molar-refractivity contribution in [2.24, 2.45) is 5.92 Å². The van der Waals surface area contributed by atoms with Crippen molar-refractivity contribution in [3.63, 3.8) is 0 Å². The van der Waals surface area contributed by atoms with Gasteiger partial charge in [-0.05, 0) is 17.9 Å². The summed E-state index contributed by atoms with van der Waals surface area (Å²) in [6.45, 7) is 1.04. The summed E-state index contributed by atoms with van der Waals surface area (Å²) in [5, 5.41) is 3.36. The van der Waals surface area contributed by atoms with Crippen molar-refractivity contribution in [2.45, 2.75) is 11.8 Å². The van der Waals surface area contributed by atoms with E-state index in [4.69, 9.17) is 0 Å². The minimum atomic E-state index is 0.159. The maximum absolute atomic E-state index is 11.9. The van der Waals surface area contributed by atoms with Gasteiger partial charge < -0.3 is 5.32 Å². The Kier molecular flexibility index (Phi) is 1.11.